The highest BCUT2D eigenvalue weighted by Gasteiger charge is 2.38. The van der Waals surface area contributed by atoms with Crippen molar-refractivity contribution in [1.29, 1.82) is 0 Å². The largest absolute Gasteiger partial charge is 0.490 e. The van der Waals surface area contributed by atoms with E-state index in [1.807, 2.05) is 0 Å². The summed E-state index contributed by atoms with van der Waals surface area (Å²) in [5.41, 5.74) is 6.99. The molecule has 1 aromatic carbocycles. The van der Waals surface area contributed by atoms with Gasteiger partial charge in [-0.15, -0.1) is 0 Å². The highest BCUT2D eigenvalue weighted by molar-refractivity contribution is 5.94. The SMILES string of the molecule is Cc1cc(F)ccc1NC(=O)[C@@H]1CC[C@@H](N)CO1.O=C(O)C(F)(F)F. The Morgan fingerprint density at radius 1 is 1.32 bits per heavy atom. The summed E-state index contributed by atoms with van der Waals surface area (Å²) in [5, 5.41) is 9.88. The number of amides is 1. The maximum atomic E-state index is 12.9. The molecule has 1 aliphatic rings. The second-order valence-corrected chi connectivity index (χ2v) is 5.41. The molecular weight excluding hydrogens is 348 g/mol. The fraction of sp³-hybridized carbons (Fsp3) is 0.467. The van der Waals surface area contributed by atoms with Crippen LogP contribution in [0.5, 0.6) is 0 Å². The molecule has 1 aromatic rings. The average Bonchev–Trinajstić information content (AvgIpc) is 2.50. The number of carboxylic acid groups (broad SMARTS) is 1. The molecule has 1 aliphatic heterocycles. The molecule has 1 heterocycles. The maximum Gasteiger partial charge on any atom is 0.490 e. The smallest absolute Gasteiger partial charge is 0.475 e. The number of rotatable bonds is 2. The normalized spacial score (nSPS) is 20.2. The summed E-state index contributed by atoms with van der Waals surface area (Å²) in [4.78, 5) is 20.8. The minimum atomic E-state index is -5.08. The van der Waals surface area contributed by atoms with Crippen molar-refractivity contribution < 1.29 is 37.0 Å². The number of carbonyl (C=O) groups is 2. The van der Waals surface area contributed by atoms with Gasteiger partial charge in [-0.2, -0.15) is 13.2 Å². The Morgan fingerprint density at radius 2 is 1.92 bits per heavy atom. The van der Waals surface area contributed by atoms with E-state index in [4.69, 9.17) is 20.4 Å². The Hall–Kier alpha value is -2.20. The molecule has 0 aromatic heterocycles. The molecular formula is C15H18F4N2O4. The number of hydrogen-bond acceptors (Lipinski definition) is 4. The number of hydrogen-bond donors (Lipinski definition) is 3. The molecule has 0 bridgehead atoms. The van der Waals surface area contributed by atoms with Crippen LogP contribution in [0.4, 0.5) is 23.2 Å². The number of nitrogens with two attached hydrogens (primary N) is 1. The summed E-state index contributed by atoms with van der Waals surface area (Å²) in [6, 6.07) is 4.27. The zero-order chi connectivity index (χ0) is 19.2. The van der Waals surface area contributed by atoms with Gasteiger partial charge in [-0.3, -0.25) is 4.79 Å². The topological polar surface area (TPSA) is 102 Å². The number of carbonyl (C=O) groups excluding carboxylic acids is 1. The molecule has 25 heavy (non-hydrogen) atoms. The number of ether oxygens (including phenoxy) is 1. The number of halogens is 4. The van der Waals surface area contributed by atoms with Crippen LogP contribution in [0.3, 0.4) is 0 Å². The van der Waals surface area contributed by atoms with Gasteiger partial charge in [-0.05, 0) is 43.5 Å². The van der Waals surface area contributed by atoms with E-state index >= 15 is 0 Å². The van der Waals surface area contributed by atoms with Gasteiger partial charge >= 0.3 is 12.1 Å². The van der Waals surface area contributed by atoms with E-state index in [1.165, 1.54) is 12.1 Å². The number of aliphatic carboxylic acids is 1. The summed E-state index contributed by atoms with van der Waals surface area (Å²) in [6.45, 7) is 2.15. The monoisotopic (exact) mass is 366 g/mol. The van der Waals surface area contributed by atoms with Crippen molar-refractivity contribution in [2.24, 2.45) is 5.73 Å². The van der Waals surface area contributed by atoms with Crippen LogP contribution in [0.2, 0.25) is 0 Å². The number of aryl methyl sites for hydroxylation is 1. The number of anilines is 1. The Balaban J connectivity index is 0.000000381. The molecule has 0 unspecified atom stereocenters. The summed E-state index contributed by atoms with van der Waals surface area (Å²) in [5.74, 6) is -3.27. The third-order valence-corrected chi connectivity index (χ3v) is 3.29. The molecule has 0 radical (unpaired) electrons. The van der Waals surface area contributed by atoms with Crippen LogP contribution >= 0.6 is 0 Å². The average molecular weight is 366 g/mol. The summed E-state index contributed by atoms with van der Waals surface area (Å²) in [7, 11) is 0. The van der Waals surface area contributed by atoms with Gasteiger partial charge in [0.25, 0.3) is 5.91 Å². The Kier molecular flexibility index (Phi) is 7.31. The minimum Gasteiger partial charge on any atom is -0.475 e. The molecule has 0 aliphatic carbocycles. The van der Waals surface area contributed by atoms with E-state index in [-0.39, 0.29) is 17.8 Å². The van der Waals surface area contributed by atoms with E-state index in [9.17, 15) is 22.4 Å². The molecule has 1 fully saturated rings. The Morgan fingerprint density at radius 3 is 2.36 bits per heavy atom. The number of nitrogens with one attached hydrogen (secondary N) is 1. The third-order valence-electron chi connectivity index (χ3n) is 3.29. The van der Waals surface area contributed by atoms with E-state index < -0.39 is 18.2 Å². The van der Waals surface area contributed by atoms with Crippen molar-refractivity contribution in [3.63, 3.8) is 0 Å². The molecule has 2 atom stereocenters. The zero-order valence-corrected chi connectivity index (χ0v) is 13.3. The summed E-state index contributed by atoms with van der Waals surface area (Å²) in [6.07, 6.45) is -4.15. The minimum absolute atomic E-state index is 0.0154. The van der Waals surface area contributed by atoms with Crippen LogP contribution in [0.15, 0.2) is 18.2 Å². The van der Waals surface area contributed by atoms with Crippen molar-refractivity contribution in [3.8, 4) is 0 Å². The van der Waals surface area contributed by atoms with Gasteiger partial charge in [0.2, 0.25) is 0 Å². The van der Waals surface area contributed by atoms with Crippen molar-refractivity contribution in [1.82, 2.24) is 0 Å². The van der Waals surface area contributed by atoms with Crippen molar-refractivity contribution in [3.05, 3.63) is 29.6 Å². The first-order valence-electron chi connectivity index (χ1n) is 7.25. The van der Waals surface area contributed by atoms with Crippen LogP contribution < -0.4 is 11.1 Å². The Bertz CT molecular complexity index is 614. The molecule has 4 N–H and O–H groups in total. The van der Waals surface area contributed by atoms with Crippen molar-refractivity contribution >= 4 is 17.6 Å². The fourth-order valence-electron chi connectivity index (χ4n) is 1.96. The quantitative estimate of drug-likeness (QED) is 0.697. The lowest BCUT2D eigenvalue weighted by molar-refractivity contribution is -0.192. The first-order valence-corrected chi connectivity index (χ1v) is 7.25. The predicted octanol–water partition coefficient (Wildman–Crippen LogP) is 2.21. The van der Waals surface area contributed by atoms with Gasteiger partial charge < -0.3 is 20.9 Å². The lowest BCUT2D eigenvalue weighted by atomic mass is 10.0. The Labute approximate surface area is 140 Å². The van der Waals surface area contributed by atoms with Gasteiger partial charge in [-0.1, -0.05) is 0 Å². The van der Waals surface area contributed by atoms with E-state index in [0.29, 0.717) is 24.3 Å². The van der Waals surface area contributed by atoms with Gasteiger partial charge in [-0.25, -0.2) is 9.18 Å². The standard InChI is InChI=1S/C13H17FN2O2.C2HF3O2/c1-8-6-9(14)2-4-11(8)16-13(17)12-5-3-10(15)7-18-12;3-2(4,5)1(6)7/h2,4,6,10,12H,3,5,7,15H2,1H3,(H,16,17);(H,6,7)/t10-,12+;/m1./s1. The second kappa shape index (κ2) is 8.77. The van der Waals surface area contributed by atoms with E-state index in [0.717, 1.165) is 6.42 Å². The lowest BCUT2D eigenvalue weighted by Crippen LogP contribution is -2.41. The number of carboxylic acids is 1. The molecule has 0 saturated carbocycles. The van der Waals surface area contributed by atoms with Gasteiger partial charge in [0.1, 0.15) is 11.9 Å². The number of alkyl halides is 3. The summed E-state index contributed by atoms with van der Waals surface area (Å²) < 4.78 is 50.0. The zero-order valence-electron chi connectivity index (χ0n) is 13.3. The lowest BCUT2D eigenvalue weighted by Gasteiger charge is -2.26. The van der Waals surface area contributed by atoms with Crippen LogP contribution in [0.25, 0.3) is 0 Å². The second-order valence-electron chi connectivity index (χ2n) is 5.41. The van der Waals surface area contributed by atoms with Gasteiger partial charge in [0.15, 0.2) is 0 Å². The predicted molar refractivity (Wildman–Crippen MR) is 80.4 cm³/mol. The molecule has 140 valence electrons. The highest BCUT2D eigenvalue weighted by Crippen LogP contribution is 2.18. The molecule has 2 rings (SSSR count). The van der Waals surface area contributed by atoms with Crippen LogP contribution in [0, 0.1) is 12.7 Å². The van der Waals surface area contributed by atoms with Crippen LogP contribution in [0.1, 0.15) is 18.4 Å². The van der Waals surface area contributed by atoms with Crippen molar-refractivity contribution in [2.45, 2.75) is 38.1 Å². The van der Waals surface area contributed by atoms with Crippen molar-refractivity contribution in [2.75, 3.05) is 11.9 Å². The molecule has 1 amide bonds. The molecule has 10 heteroatoms. The molecule has 6 nitrogen and oxygen atoms in total. The molecule has 0 spiro atoms. The summed E-state index contributed by atoms with van der Waals surface area (Å²) >= 11 is 0. The van der Waals surface area contributed by atoms with Crippen LogP contribution in [-0.4, -0.2) is 41.9 Å². The molecule has 1 saturated heterocycles. The highest BCUT2D eigenvalue weighted by atomic mass is 19.4. The maximum absolute atomic E-state index is 12.9. The van der Waals surface area contributed by atoms with Crippen LogP contribution in [-0.2, 0) is 14.3 Å². The first kappa shape index (κ1) is 20.8. The number of benzene rings is 1. The third kappa shape index (κ3) is 7.06. The first-order chi connectivity index (χ1) is 11.5. The van der Waals surface area contributed by atoms with Gasteiger partial charge in [0, 0.05) is 11.7 Å². The van der Waals surface area contributed by atoms with E-state index in [2.05, 4.69) is 5.32 Å². The van der Waals surface area contributed by atoms with E-state index in [1.54, 1.807) is 13.0 Å². The van der Waals surface area contributed by atoms with Gasteiger partial charge in [0.05, 0.1) is 6.61 Å². The fourth-order valence-corrected chi connectivity index (χ4v) is 1.96.